The number of aromatic nitrogens is 1. The highest BCUT2D eigenvalue weighted by molar-refractivity contribution is 5.88. The second-order valence-corrected chi connectivity index (χ2v) is 12.2. The van der Waals surface area contributed by atoms with Gasteiger partial charge < -0.3 is 29.8 Å². The molecule has 2 aliphatic heterocycles. The minimum Gasteiger partial charge on any atom is -0.457 e. The summed E-state index contributed by atoms with van der Waals surface area (Å²) in [4.78, 5) is 31.3. The summed E-state index contributed by atoms with van der Waals surface area (Å²) < 4.78 is 17.7. The number of cyclic esters (lactones) is 1. The number of Topliss-reactive ketones (excluding diaryl/α,β-unsaturated/α-hetero) is 1. The van der Waals surface area contributed by atoms with Gasteiger partial charge in [-0.3, -0.25) is 9.59 Å². The Morgan fingerprint density at radius 1 is 1.23 bits per heavy atom. The molecule has 0 amide bonds. The lowest BCUT2D eigenvalue weighted by Gasteiger charge is -2.36. The zero-order valence-electron chi connectivity index (χ0n) is 23.9. The van der Waals surface area contributed by atoms with E-state index >= 15 is 0 Å². The van der Waals surface area contributed by atoms with E-state index in [9.17, 15) is 19.8 Å². The van der Waals surface area contributed by atoms with E-state index in [0.29, 0.717) is 42.7 Å². The molecule has 0 aliphatic carbocycles. The highest BCUT2D eigenvalue weighted by Crippen LogP contribution is 2.47. The first-order chi connectivity index (χ1) is 18.9. The minimum absolute atomic E-state index is 0.127. The molecule has 9 nitrogen and oxygen atoms in total. The maximum Gasteiger partial charge on any atom is 0.309 e. The number of epoxide rings is 1. The maximum atomic E-state index is 13.7. The molecule has 2 fully saturated rings. The van der Waals surface area contributed by atoms with Crippen molar-refractivity contribution in [3.05, 3.63) is 29.7 Å². The molecular formula is C31H42N2O7. The number of fused-ring (bicyclic) bond motifs is 2. The third kappa shape index (κ3) is 6.41. The van der Waals surface area contributed by atoms with Crippen molar-refractivity contribution in [2.75, 3.05) is 0 Å². The lowest BCUT2D eigenvalue weighted by atomic mass is 9.71. The second kappa shape index (κ2) is 12.0. The monoisotopic (exact) mass is 554 g/mol. The largest absolute Gasteiger partial charge is 0.457 e. The van der Waals surface area contributed by atoms with Gasteiger partial charge in [-0.15, -0.1) is 12.3 Å². The van der Waals surface area contributed by atoms with Crippen LogP contribution in [-0.2, 0) is 25.6 Å². The summed E-state index contributed by atoms with van der Waals surface area (Å²) in [5.74, 6) is 1.12. The highest BCUT2D eigenvalue weighted by Gasteiger charge is 2.53. The molecule has 2 aromatic rings. The number of rotatable bonds is 4. The van der Waals surface area contributed by atoms with Crippen LogP contribution < -0.4 is 5.73 Å². The fourth-order valence-electron chi connectivity index (χ4n) is 5.83. The van der Waals surface area contributed by atoms with Crippen LogP contribution in [0.25, 0.3) is 11.1 Å². The third-order valence-corrected chi connectivity index (χ3v) is 8.83. The molecule has 3 heterocycles. The average molecular weight is 555 g/mol. The highest BCUT2D eigenvalue weighted by atomic mass is 16.6. The van der Waals surface area contributed by atoms with Gasteiger partial charge in [0.05, 0.1) is 42.3 Å². The molecule has 218 valence electrons. The van der Waals surface area contributed by atoms with Gasteiger partial charge in [0.25, 0.3) is 0 Å². The van der Waals surface area contributed by atoms with Crippen LogP contribution in [0.2, 0.25) is 0 Å². The quantitative estimate of drug-likeness (QED) is 0.290. The molecule has 4 rings (SSSR count). The summed E-state index contributed by atoms with van der Waals surface area (Å²) in [7, 11) is 0. The Balaban J connectivity index is 1.63. The number of aliphatic hydroxyl groups excluding tert-OH is 2. The molecule has 4 N–H and O–H groups in total. The summed E-state index contributed by atoms with van der Waals surface area (Å²) in [6.07, 6.45) is 5.43. The van der Waals surface area contributed by atoms with E-state index in [1.807, 2.05) is 26.0 Å². The molecule has 2 aliphatic rings. The van der Waals surface area contributed by atoms with Crippen LogP contribution in [0.3, 0.4) is 0 Å². The predicted molar refractivity (Wildman–Crippen MR) is 149 cm³/mol. The van der Waals surface area contributed by atoms with E-state index in [4.69, 9.17) is 26.0 Å². The molecule has 0 spiro atoms. The molecule has 9 heteroatoms. The Hall–Kier alpha value is -2.77. The summed E-state index contributed by atoms with van der Waals surface area (Å²) in [5, 5.41) is 22.3. The van der Waals surface area contributed by atoms with Gasteiger partial charge in [-0.2, -0.15) is 0 Å². The van der Waals surface area contributed by atoms with Crippen LogP contribution in [0.4, 0.5) is 0 Å². The molecule has 1 aromatic heterocycles. The standard InChI is InChI=1S/C31H42N2O7/c1-6-7-10-20-28(36)18(2)9-8-13-31(5)25(40-31)15-23(39-27(35)16-24(34)30(3,4)29(20)37)19-11-12-22-21(14-19)33-26(17-32)38-22/h1,11-12,14,18,20,23-25,28,34,36H,7-10,13,15-17,32H2,2-5H3/t18-,20+,23-,24-,25-,28-,31+/m0/s1. The number of oxazole rings is 1. The predicted octanol–water partition coefficient (Wildman–Crippen LogP) is 3.98. The second-order valence-electron chi connectivity index (χ2n) is 12.2. The van der Waals surface area contributed by atoms with E-state index < -0.39 is 35.6 Å². The molecule has 40 heavy (non-hydrogen) atoms. The number of carbonyl (C=O) groups excluding carboxylic acids is 2. The fourth-order valence-corrected chi connectivity index (χ4v) is 5.83. The Morgan fingerprint density at radius 3 is 2.67 bits per heavy atom. The van der Waals surface area contributed by atoms with Crippen molar-refractivity contribution in [1.82, 2.24) is 4.98 Å². The maximum absolute atomic E-state index is 13.7. The van der Waals surface area contributed by atoms with Crippen molar-refractivity contribution in [2.24, 2.45) is 23.0 Å². The molecule has 0 saturated carbocycles. The number of benzene rings is 1. The molecule has 2 saturated heterocycles. The lowest BCUT2D eigenvalue weighted by molar-refractivity contribution is -0.156. The molecule has 0 unspecified atom stereocenters. The van der Waals surface area contributed by atoms with Crippen LogP contribution in [0, 0.1) is 29.6 Å². The van der Waals surface area contributed by atoms with Crippen LogP contribution in [-0.4, -0.2) is 50.9 Å². The van der Waals surface area contributed by atoms with Crippen molar-refractivity contribution in [2.45, 2.75) is 109 Å². The first kappa shape index (κ1) is 30.2. The van der Waals surface area contributed by atoms with E-state index in [2.05, 4.69) is 10.9 Å². The number of terminal acetylenes is 1. The van der Waals surface area contributed by atoms with Gasteiger partial charge in [0.2, 0.25) is 5.89 Å². The number of esters is 1. The average Bonchev–Trinajstić information content (AvgIpc) is 3.35. The van der Waals surface area contributed by atoms with Crippen molar-refractivity contribution in [1.29, 1.82) is 0 Å². The zero-order chi connectivity index (χ0) is 29.2. The van der Waals surface area contributed by atoms with Crippen LogP contribution in [0.1, 0.15) is 90.2 Å². The van der Waals surface area contributed by atoms with Crippen molar-refractivity contribution in [3.63, 3.8) is 0 Å². The number of hydrogen-bond donors (Lipinski definition) is 3. The van der Waals surface area contributed by atoms with Gasteiger partial charge in [0, 0.05) is 18.8 Å². The van der Waals surface area contributed by atoms with Gasteiger partial charge >= 0.3 is 5.97 Å². The number of aliphatic hydroxyl groups is 2. The molecule has 0 radical (unpaired) electrons. The Labute approximate surface area is 235 Å². The number of nitrogens with two attached hydrogens (primary N) is 1. The van der Waals surface area contributed by atoms with Crippen molar-refractivity contribution < 1.29 is 33.7 Å². The number of hydrogen-bond acceptors (Lipinski definition) is 9. The molecular weight excluding hydrogens is 512 g/mol. The fraction of sp³-hybridized carbons (Fsp3) is 0.645. The molecule has 0 bridgehead atoms. The van der Waals surface area contributed by atoms with E-state index in [0.717, 1.165) is 18.4 Å². The summed E-state index contributed by atoms with van der Waals surface area (Å²) in [6, 6.07) is 5.42. The Kier molecular flexibility index (Phi) is 9.05. The number of ether oxygens (including phenoxy) is 2. The molecule has 7 atom stereocenters. The number of carbonyl (C=O) groups is 2. The van der Waals surface area contributed by atoms with Crippen molar-refractivity contribution >= 4 is 22.9 Å². The summed E-state index contributed by atoms with van der Waals surface area (Å²) >= 11 is 0. The van der Waals surface area contributed by atoms with Crippen LogP contribution in [0.15, 0.2) is 22.6 Å². The lowest BCUT2D eigenvalue weighted by Crippen LogP contribution is -2.46. The number of nitrogens with zero attached hydrogens (tertiary/aromatic N) is 1. The van der Waals surface area contributed by atoms with Crippen molar-refractivity contribution in [3.8, 4) is 12.3 Å². The molecule has 1 aromatic carbocycles. The normalized spacial score (nSPS) is 33.6. The van der Waals surface area contributed by atoms with Gasteiger partial charge in [-0.05, 0) is 49.8 Å². The van der Waals surface area contributed by atoms with Gasteiger partial charge in [-0.25, -0.2) is 4.98 Å². The van der Waals surface area contributed by atoms with Gasteiger partial charge in [0.15, 0.2) is 5.58 Å². The minimum atomic E-state index is -1.32. The van der Waals surface area contributed by atoms with Gasteiger partial charge in [-0.1, -0.05) is 33.3 Å². The third-order valence-electron chi connectivity index (χ3n) is 8.83. The smallest absolute Gasteiger partial charge is 0.309 e. The summed E-state index contributed by atoms with van der Waals surface area (Å²) in [6.45, 7) is 7.35. The van der Waals surface area contributed by atoms with Gasteiger partial charge in [0.1, 0.15) is 17.4 Å². The first-order valence-corrected chi connectivity index (χ1v) is 14.2. The number of ketones is 1. The first-order valence-electron chi connectivity index (χ1n) is 14.2. The topological polar surface area (TPSA) is 148 Å². The van der Waals surface area contributed by atoms with E-state index in [1.54, 1.807) is 19.9 Å². The van der Waals surface area contributed by atoms with Crippen LogP contribution >= 0.6 is 0 Å². The Morgan fingerprint density at radius 2 is 1.98 bits per heavy atom. The summed E-state index contributed by atoms with van der Waals surface area (Å²) in [5.41, 5.74) is 5.92. The SMILES string of the molecule is C#CCC[C@H]1C(=O)C(C)(C)[C@@H](O)CC(=O)O[C@H](c2ccc3oc(CN)nc3c2)C[C@@H]2O[C@]2(C)CCC[C@H](C)[C@@H]1O. The van der Waals surface area contributed by atoms with E-state index in [-0.39, 0.29) is 36.4 Å². The Bertz CT molecular complexity index is 1260. The van der Waals surface area contributed by atoms with Crippen LogP contribution in [0.5, 0.6) is 0 Å². The zero-order valence-corrected chi connectivity index (χ0v) is 23.9. The van der Waals surface area contributed by atoms with E-state index in [1.165, 1.54) is 0 Å².